The van der Waals surface area contributed by atoms with Gasteiger partial charge in [0.2, 0.25) is 0 Å². The molecule has 0 aliphatic carbocycles. The Kier molecular flexibility index (Phi) is 4.43. The van der Waals surface area contributed by atoms with Gasteiger partial charge in [0.15, 0.2) is 0 Å². The zero-order valence-corrected chi connectivity index (χ0v) is 11.8. The second-order valence-electron chi connectivity index (χ2n) is 4.46. The molecule has 5 heteroatoms. The zero-order valence-electron chi connectivity index (χ0n) is 10.2. The van der Waals surface area contributed by atoms with Crippen molar-refractivity contribution in [3.8, 4) is 5.75 Å². The Morgan fingerprint density at radius 2 is 2.33 bits per heavy atom. The summed E-state index contributed by atoms with van der Waals surface area (Å²) >= 11 is 10.9. The predicted molar refractivity (Wildman–Crippen MR) is 76.4 cm³/mol. The number of halogens is 1. The SMILES string of the molecule is CC1CCC(COc2cc(Cl)ccc2C(N)=S)O1. The molecule has 1 aromatic carbocycles. The van der Waals surface area contributed by atoms with Crippen molar-refractivity contribution < 1.29 is 9.47 Å². The number of ether oxygens (including phenoxy) is 2. The minimum atomic E-state index is 0.137. The van der Waals surface area contributed by atoms with Crippen LogP contribution in [-0.4, -0.2) is 23.8 Å². The van der Waals surface area contributed by atoms with Crippen LogP contribution in [0.2, 0.25) is 5.02 Å². The van der Waals surface area contributed by atoms with E-state index in [2.05, 4.69) is 6.92 Å². The highest BCUT2D eigenvalue weighted by Gasteiger charge is 2.22. The summed E-state index contributed by atoms with van der Waals surface area (Å²) in [6, 6.07) is 5.25. The van der Waals surface area contributed by atoms with Crippen LogP contribution in [0, 0.1) is 0 Å². The first kappa shape index (κ1) is 13.6. The van der Waals surface area contributed by atoms with E-state index in [1.807, 2.05) is 0 Å². The molecule has 2 rings (SSSR count). The normalized spacial score (nSPS) is 23.0. The van der Waals surface area contributed by atoms with Crippen molar-refractivity contribution in [3.63, 3.8) is 0 Å². The van der Waals surface area contributed by atoms with Crippen LogP contribution in [0.1, 0.15) is 25.3 Å². The van der Waals surface area contributed by atoms with E-state index in [1.54, 1.807) is 18.2 Å². The molecule has 0 radical (unpaired) electrons. The quantitative estimate of drug-likeness (QED) is 0.864. The number of hydrogen-bond acceptors (Lipinski definition) is 3. The van der Waals surface area contributed by atoms with Crippen LogP contribution in [0.15, 0.2) is 18.2 Å². The van der Waals surface area contributed by atoms with Gasteiger partial charge in [-0.2, -0.15) is 0 Å². The fourth-order valence-electron chi connectivity index (χ4n) is 2.01. The third kappa shape index (κ3) is 3.34. The summed E-state index contributed by atoms with van der Waals surface area (Å²) in [4.78, 5) is 0.308. The Bertz CT molecular complexity index is 453. The summed E-state index contributed by atoms with van der Waals surface area (Å²) in [6.07, 6.45) is 2.54. The summed E-state index contributed by atoms with van der Waals surface area (Å²) in [6.45, 7) is 2.57. The van der Waals surface area contributed by atoms with E-state index in [0.29, 0.717) is 34.0 Å². The Morgan fingerprint density at radius 3 is 2.94 bits per heavy atom. The molecule has 1 aliphatic heterocycles. The lowest BCUT2D eigenvalue weighted by Gasteiger charge is -2.15. The van der Waals surface area contributed by atoms with E-state index >= 15 is 0 Å². The molecule has 2 atom stereocenters. The van der Waals surface area contributed by atoms with Crippen molar-refractivity contribution in [1.29, 1.82) is 0 Å². The van der Waals surface area contributed by atoms with Crippen molar-refractivity contribution in [3.05, 3.63) is 28.8 Å². The Hall–Kier alpha value is -0.840. The van der Waals surface area contributed by atoms with Crippen LogP contribution in [0.5, 0.6) is 5.75 Å². The molecular weight excluding hydrogens is 270 g/mol. The van der Waals surface area contributed by atoms with Gasteiger partial charge in [-0.3, -0.25) is 0 Å². The number of hydrogen-bond donors (Lipinski definition) is 1. The summed E-state index contributed by atoms with van der Waals surface area (Å²) < 4.78 is 11.4. The molecule has 0 saturated carbocycles. The van der Waals surface area contributed by atoms with Gasteiger partial charge in [0.1, 0.15) is 17.3 Å². The summed E-state index contributed by atoms with van der Waals surface area (Å²) in [5.74, 6) is 0.623. The monoisotopic (exact) mass is 285 g/mol. The molecule has 2 unspecified atom stereocenters. The van der Waals surface area contributed by atoms with Crippen molar-refractivity contribution in [1.82, 2.24) is 0 Å². The van der Waals surface area contributed by atoms with Crippen molar-refractivity contribution in [2.24, 2.45) is 5.73 Å². The molecule has 1 saturated heterocycles. The molecule has 1 fully saturated rings. The molecule has 0 aromatic heterocycles. The van der Waals surface area contributed by atoms with Crippen molar-refractivity contribution in [2.45, 2.75) is 32.0 Å². The van der Waals surface area contributed by atoms with Gasteiger partial charge in [-0.1, -0.05) is 23.8 Å². The maximum Gasteiger partial charge on any atom is 0.131 e. The number of benzene rings is 1. The van der Waals surface area contributed by atoms with Gasteiger partial charge in [0, 0.05) is 5.02 Å². The topological polar surface area (TPSA) is 44.5 Å². The minimum Gasteiger partial charge on any atom is -0.490 e. The first-order chi connectivity index (χ1) is 8.56. The number of nitrogens with two attached hydrogens (primary N) is 1. The van der Waals surface area contributed by atoms with Crippen LogP contribution in [-0.2, 0) is 4.74 Å². The highest BCUT2D eigenvalue weighted by atomic mass is 35.5. The molecule has 18 heavy (non-hydrogen) atoms. The summed E-state index contributed by atoms with van der Waals surface area (Å²) in [7, 11) is 0. The second kappa shape index (κ2) is 5.87. The van der Waals surface area contributed by atoms with Crippen LogP contribution in [0.25, 0.3) is 0 Å². The number of thiocarbonyl (C=S) groups is 1. The van der Waals surface area contributed by atoms with E-state index < -0.39 is 0 Å². The Morgan fingerprint density at radius 1 is 1.56 bits per heavy atom. The lowest BCUT2D eigenvalue weighted by atomic mass is 10.2. The van der Waals surface area contributed by atoms with E-state index in [1.165, 1.54) is 0 Å². The molecular formula is C13H16ClNO2S. The Balaban J connectivity index is 2.04. The fraction of sp³-hybridized carbons (Fsp3) is 0.462. The summed E-state index contributed by atoms with van der Waals surface area (Å²) in [5, 5.41) is 0.603. The third-order valence-electron chi connectivity index (χ3n) is 2.95. The number of rotatable bonds is 4. The first-order valence-electron chi connectivity index (χ1n) is 5.94. The molecule has 0 amide bonds. The molecule has 1 heterocycles. The smallest absolute Gasteiger partial charge is 0.131 e. The molecule has 98 valence electrons. The van der Waals surface area contributed by atoms with Gasteiger partial charge in [-0.25, -0.2) is 0 Å². The van der Waals surface area contributed by atoms with Gasteiger partial charge < -0.3 is 15.2 Å². The maximum atomic E-state index is 5.94. The average molecular weight is 286 g/mol. The molecule has 1 aliphatic rings. The molecule has 0 spiro atoms. The first-order valence-corrected chi connectivity index (χ1v) is 6.72. The van der Waals surface area contributed by atoms with Crippen LogP contribution < -0.4 is 10.5 Å². The minimum absolute atomic E-state index is 0.137. The van der Waals surface area contributed by atoms with E-state index in [4.69, 9.17) is 39.0 Å². The van der Waals surface area contributed by atoms with Gasteiger partial charge in [-0.05, 0) is 38.0 Å². The maximum absolute atomic E-state index is 5.94. The standard InChI is InChI=1S/C13H16ClNO2S/c1-8-2-4-10(17-8)7-16-12-6-9(14)3-5-11(12)13(15)18/h3,5-6,8,10H,2,4,7H2,1H3,(H2,15,18). The van der Waals surface area contributed by atoms with Gasteiger partial charge in [0.05, 0.1) is 17.8 Å². The van der Waals surface area contributed by atoms with Crippen molar-refractivity contribution in [2.75, 3.05) is 6.61 Å². The summed E-state index contributed by atoms with van der Waals surface area (Å²) in [5.41, 5.74) is 6.36. The average Bonchev–Trinajstić information content (AvgIpc) is 2.72. The van der Waals surface area contributed by atoms with E-state index in [9.17, 15) is 0 Å². The van der Waals surface area contributed by atoms with Gasteiger partial charge >= 0.3 is 0 Å². The lowest BCUT2D eigenvalue weighted by Crippen LogP contribution is -2.19. The highest BCUT2D eigenvalue weighted by molar-refractivity contribution is 7.80. The predicted octanol–water partition coefficient (Wildman–Crippen LogP) is 2.92. The lowest BCUT2D eigenvalue weighted by molar-refractivity contribution is 0.0264. The van der Waals surface area contributed by atoms with Crippen molar-refractivity contribution >= 4 is 28.8 Å². The third-order valence-corrected chi connectivity index (χ3v) is 3.41. The largest absolute Gasteiger partial charge is 0.490 e. The molecule has 1 aromatic rings. The fourth-order valence-corrected chi connectivity index (χ4v) is 2.34. The highest BCUT2D eigenvalue weighted by Crippen LogP contribution is 2.25. The second-order valence-corrected chi connectivity index (χ2v) is 5.34. The molecule has 3 nitrogen and oxygen atoms in total. The molecule has 2 N–H and O–H groups in total. The van der Waals surface area contributed by atoms with Crippen LogP contribution in [0.4, 0.5) is 0 Å². The van der Waals surface area contributed by atoms with E-state index in [-0.39, 0.29) is 6.10 Å². The zero-order chi connectivity index (χ0) is 13.1. The van der Waals surface area contributed by atoms with Crippen LogP contribution >= 0.6 is 23.8 Å². The van der Waals surface area contributed by atoms with E-state index in [0.717, 1.165) is 12.8 Å². The van der Waals surface area contributed by atoms with Crippen LogP contribution in [0.3, 0.4) is 0 Å². The van der Waals surface area contributed by atoms with Gasteiger partial charge in [-0.15, -0.1) is 0 Å². The molecule has 0 bridgehead atoms. The van der Waals surface area contributed by atoms with Gasteiger partial charge in [0.25, 0.3) is 0 Å². The Labute approximate surface area is 117 Å².